The fourth-order valence-electron chi connectivity index (χ4n) is 2.19. The number of halogens is 3. The Hall–Kier alpha value is -0.900. The highest BCUT2D eigenvalue weighted by Gasteiger charge is 2.10. The third-order valence-electron chi connectivity index (χ3n) is 3.28. The van der Waals surface area contributed by atoms with Crippen LogP contribution in [0.15, 0.2) is 46.9 Å². The molecule has 0 heterocycles. The number of hydrogen-bond donors (Lipinski definition) is 1. The van der Waals surface area contributed by atoms with Gasteiger partial charge in [-0.1, -0.05) is 45.7 Å². The van der Waals surface area contributed by atoms with Gasteiger partial charge in [-0.05, 0) is 60.7 Å². The summed E-state index contributed by atoms with van der Waals surface area (Å²) in [5.41, 5.74) is 8.00. The van der Waals surface area contributed by atoms with Crippen LogP contribution in [0.4, 0.5) is 4.39 Å². The molecule has 0 fully saturated rings. The van der Waals surface area contributed by atoms with Crippen LogP contribution in [-0.2, 0) is 12.8 Å². The van der Waals surface area contributed by atoms with Crippen molar-refractivity contribution in [1.29, 1.82) is 0 Å². The predicted molar refractivity (Wildman–Crippen MR) is 85.5 cm³/mol. The van der Waals surface area contributed by atoms with E-state index in [1.165, 1.54) is 11.6 Å². The monoisotopic (exact) mass is 355 g/mol. The summed E-state index contributed by atoms with van der Waals surface area (Å²) >= 11 is 9.11. The molecule has 2 aromatic carbocycles. The van der Waals surface area contributed by atoms with Gasteiger partial charge in [0.15, 0.2) is 0 Å². The summed E-state index contributed by atoms with van der Waals surface area (Å²) in [5, 5.41) is 0.158. The Balaban J connectivity index is 2.04. The molecule has 2 aromatic rings. The molecule has 0 aromatic heterocycles. The van der Waals surface area contributed by atoms with Crippen LogP contribution in [0.5, 0.6) is 0 Å². The molecule has 2 rings (SSSR count). The van der Waals surface area contributed by atoms with Crippen LogP contribution < -0.4 is 5.73 Å². The summed E-state index contributed by atoms with van der Waals surface area (Å²) in [4.78, 5) is 0. The van der Waals surface area contributed by atoms with Gasteiger partial charge in [0.05, 0.1) is 5.02 Å². The fraction of sp³-hybridized carbons (Fsp3) is 0.250. The van der Waals surface area contributed by atoms with Crippen molar-refractivity contribution in [3.8, 4) is 0 Å². The number of nitrogens with two attached hydrogens (primary N) is 1. The first-order valence-corrected chi connectivity index (χ1v) is 7.64. The van der Waals surface area contributed by atoms with E-state index < -0.39 is 0 Å². The second kappa shape index (κ2) is 7.21. The lowest BCUT2D eigenvalue weighted by molar-refractivity contribution is 0.530. The first-order chi connectivity index (χ1) is 9.58. The van der Waals surface area contributed by atoms with Crippen LogP contribution in [0.2, 0.25) is 5.02 Å². The van der Waals surface area contributed by atoms with Gasteiger partial charge >= 0.3 is 0 Å². The van der Waals surface area contributed by atoms with Gasteiger partial charge in [-0.15, -0.1) is 0 Å². The third kappa shape index (κ3) is 4.30. The van der Waals surface area contributed by atoms with E-state index in [-0.39, 0.29) is 16.8 Å². The number of benzene rings is 2. The largest absolute Gasteiger partial charge is 0.330 e. The SMILES string of the molecule is NCC(Cc1ccc(Br)cc1)Cc1ccc(Cl)c(F)c1. The molecular weight excluding hydrogens is 341 g/mol. The molecule has 2 N–H and O–H groups in total. The zero-order valence-corrected chi connectivity index (χ0v) is 13.3. The van der Waals surface area contributed by atoms with Gasteiger partial charge in [0.1, 0.15) is 5.82 Å². The van der Waals surface area contributed by atoms with E-state index in [4.69, 9.17) is 17.3 Å². The minimum absolute atomic E-state index is 0.158. The Morgan fingerprint density at radius 2 is 1.65 bits per heavy atom. The summed E-state index contributed by atoms with van der Waals surface area (Å²) in [6.07, 6.45) is 1.63. The Bertz CT molecular complexity index is 571. The molecule has 0 saturated heterocycles. The molecule has 0 aliphatic heterocycles. The molecule has 0 spiro atoms. The van der Waals surface area contributed by atoms with Crippen molar-refractivity contribution >= 4 is 27.5 Å². The van der Waals surface area contributed by atoms with Gasteiger partial charge in [0.25, 0.3) is 0 Å². The van der Waals surface area contributed by atoms with Crippen LogP contribution >= 0.6 is 27.5 Å². The Labute approximate surface area is 132 Å². The van der Waals surface area contributed by atoms with E-state index >= 15 is 0 Å². The van der Waals surface area contributed by atoms with Crippen molar-refractivity contribution in [2.24, 2.45) is 11.7 Å². The van der Waals surface area contributed by atoms with E-state index in [0.29, 0.717) is 6.54 Å². The van der Waals surface area contributed by atoms with E-state index in [1.807, 2.05) is 18.2 Å². The smallest absolute Gasteiger partial charge is 0.142 e. The second-order valence-electron chi connectivity index (χ2n) is 4.88. The highest BCUT2D eigenvalue weighted by molar-refractivity contribution is 9.10. The quantitative estimate of drug-likeness (QED) is 0.832. The standard InChI is InChI=1S/C16H16BrClFN/c17-14-4-1-11(2-5-14)7-13(10-20)8-12-3-6-15(18)16(19)9-12/h1-6,9,13H,7-8,10,20H2. The summed E-state index contributed by atoms with van der Waals surface area (Å²) in [7, 11) is 0. The van der Waals surface area contributed by atoms with Crippen LogP contribution in [0, 0.1) is 11.7 Å². The summed E-state index contributed by atoms with van der Waals surface area (Å²) in [5.74, 6) is -0.0830. The topological polar surface area (TPSA) is 26.0 Å². The van der Waals surface area contributed by atoms with Crippen LogP contribution in [-0.4, -0.2) is 6.54 Å². The molecule has 1 unspecified atom stereocenters. The van der Waals surface area contributed by atoms with E-state index in [1.54, 1.807) is 6.07 Å². The van der Waals surface area contributed by atoms with Gasteiger partial charge < -0.3 is 5.73 Å². The van der Waals surface area contributed by atoms with Crippen LogP contribution in [0.1, 0.15) is 11.1 Å². The molecule has 0 aliphatic rings. The summed E-state index contributed by atoms with van der Waals surface area (Å²) in [6, 6.07) is 13.1. The molecular formula is C16H16BrClFN. The third-order valence-corrected chi connectivity index (χ3v) is 4.11. The van der Waals surface area contributed by atoms with Gasteiger partial charge in [-0.25, -0.2) is 4.39 Å². The molecule has 0 radical (unpaired) electrons. The van der Waals surface area contributed by atoms with Gasteiger partial charge in [-0.2, -0.15) is 0 Å². The van der Waals surface area contributed by atoms with Crippen LogP contribution in [0.25, 0.3) is 0 Å². The Morgan fingerprint density at radius 1 is 1.05 bits per heavy atom. The first kappa shape index (κ1) is 15.5. The average molecular weight is 357 g/mol. The van der Waals surface area contributed by atoms with Crippen molar-refractivity contribution in [3.05, 3.63) is 68.9 Å². The van der Waals surface area contributed by atoms with Crippen molar-refractivity contribution in [2.75, 3.05) is 6.54 Å². The van der Waals surface area contributed by atoms with Crippen molar-refractivity contribution in [2.45, 2.75) is 12.8 Å². The Morgan fingerprint density at radius 3 is 2.25 bits per heavy atom. The summed E-state index contributed by atoms with van der Waals surface area (Å²) < 4.78 is 14.5. The Kier molecular flexibility index (Phi) is 5.58. The normalized spacial score (nSPS) is 12.4. The molecule has 1 nitrogen and oxygen atoms in total. The lowest BCUT2D eigenvalue weighted by atomic mass is 9.92. The highest BCUT2D eigenvalue weighted by Crippen LogP contribution is 2.20. The molecule has 106 valence electrons. The van der Waals surface area contributed by atoms with E-state index in [9.17, 15) is 4.39 Å². The zero-order valence-electron chi connectivity index (χ0n) is 11.0. The highest BCUT2D eigenvalue weighted by atomic mass is 79.9. The molecule has 0 saturated carbocycles. The van der Waals surface area contributed by atoms with Crippen molar-refractivity contribution in [1.82, 2.24) is 0 Å². The minimum atomic E-state index is -0.372. The van der Waals surface area contributed by atoms with E-state index in [2.05, 4.69) is 28.1 Å². The second-order valence-corrected chi connectivity index (χ2v) is 6.21. The molecule has 0 bridgehead atoms. The molecule has 1 atom stereocenters. The minimum Gasteiger partial charge on any atom is -0.330 e. The molecule has 0 amide bonds. The lowest BCUT2D eigenvalue weighted by Gasteiger charge is -2.15. The summed E-state index contributed by atoms with van der Waals surface area (Å²) in [6.45, 7) is 0.570. The maximum atomic E-state index is 13.4. The van der Waals surface area contributed by atoms with Gasteiger partial charge in [0, 0.05) is 4.47 Å². The lowest BCUT2D eigenvalue weighted by Crippen LogP contribution is -2.19. The maximum absolute atomic E-state index is 13.4. The number of rotatable bonds is 5. The zero-order chi connectivity index (χ0) is 14.5. The van der Waals surface area contributed by atoms with Crippen molar-refractivity contribution in [3.63, 3.8) is 0 Å². The number of hydrogen-bond acceptors (Lipinski definition) is 1. The molecule has 0 aliphatic carbocycles. The predicted octanol–water partition coefficient (Wildman–Crippen LogP) is 4.60. The van der Waals surface area contributed by atoms with Gasteiger partial charge in [0.2, 0.25) is 0 Å². The van der Waals surface area contributed by atoms with Gasteiger partial charge in [-0.3, -0.25) is 0 Å². The van der Waals surface area contributed by atoms with Crippen LogP contribution in [0.3, 0.4) is 0 Å². The molecule has 4 heteroatoms. The molecule has 20 heavy (non-hydrogen) atoms. The maximum Gasteiger partial charge on any atom is 0.142 e. The first-order valence-electron chi connectivity index (χ1n) is 6.47. The van der Waals surface area contributed by atoms with E-state index in [0.717, 1.165) is 22.9 Å². The average Bonchev–Trinajstić information content (AvgIpc) is 2.44. The van der Waals surface area contributed by atoms with Crippen molar-refractivity contribution < 1.29 is 4.39 Å². The fourth-order valence-corrected chi connectivity index (χ4v) is 2.57.